The number of hydrogen-bond donors (Lipinski definition) is 1. The smallest absolute Gasteiger partial charge is 0.232 e. The normalized spacial score (nSPS) is 10.5. The van der Waals surface area contributed by atoms with Crippen molar-refractivity contribution in [3.8, 4) is 5.88 Å². The number of pyridine rings is 1. The van der Waals surface area contributed by atoms with Crippen molar-refractivity contribution >= 4 is 23.6 Å². The van der Waals surface area contributed by atoms with Crippen molar-refractivity contribution in [2.24, 2.45) is 5.73 Å². The van der Waals surface area contributed by atoms with Crippen LogP contribution in [0, 0.1) is 0 Å². The summed E-state index contributed by atoms with van der Waals surface area (Å²) in [6, 6.07) is 1.70. The van der Waals surface area contributed by atoms with Gasteiger partial charge in [0, 0.05) is 12.6 Å². The summed E-state index contributed by atoms with van der Waals surface area (Å²) in [7, 11) is 1.50. The number of hydrogen-bond acceptors (Lipinski definition) is 3. The van der Waals surface area contributed by atoms with Gasteiger partial charge in [0.15, 0.2) is 0 Å². The molecule has 5 heteroatoms. The van der Waals surface area contributed by atoms with Crippen LogP contribution < -0.4 is 10.5 Å². The standard InChI is InChI=1S/C10H11ClN2O2/c1-15-10-8(11)5-7(6-13-10)3-2-4-9(12)14/h2-3,5-6H,4H2,1H3,(H2,12,14). The molecule has 1 aromatic heterocycles. The molecule has 0 atom stereocenters. The number of primary amides is 1. The predicted octanol–water partition coefficient (Wildman–Crippen LogP) is 1.63. The number of amides is 1. The molecule has 0 saturated heterocycles. The van der Waals surface area contributed by atoms with Gasteiger partial charge in [0.25, 0.3) is 0 Å². The fourth-order valence-corrected chi connectivity index (χ4v) is 1.24. The van der Waals surface area contributed by atoms with E-state index in [4.69, 9.17) is 22.1 Å². The molecule has 1 heterocycles. The van der Waals surface area contributed by atoms with Gasteiger partial charge >= 0.3 is 0 Å². The van der Waals surface area contributed by atoms with Crippen LogP contribution in [0.2, 0.25) is 5.02 Å². The number of carbonyl (C=O) groups is 1. The van der Waals surface area contributed by atoms with Crippen LogP contribution in [0.4, 0.5) is 0 Å². The summed E-state index contributed by atoms with van der Waals surface area (Å²) in [5, 5.41) is 0.429. The van der Waals surface area contributed by atoms with Gasteiger partial charge in [-0.2, -0.15) is 0 Å². The van der Waals surface area contributed by atoms with Crippen LogP contribution in [0.25, 0.3) is 6.08 Å². The number of nitrogens with two attached hydrogens (primary N) is 1. The highest BCUT2D eigenvalue weighted by Gasteiger charge is 2.01. The lowest BCUT2D eigenvalue weighted by Crippen LogP contribution is -2.07. The molecule has 0 bridgehead atoms. The van der Waals surface area contributed by atoms with E-state index in [1.54, 1.807) is 24.4 Å². The zero-order chi connectivity index (χ0) is 11.3. The first-order valence-corrected chi connectivity index (χ1v) is 4.65. The first-order chi connectivity index (χ1) is 7.13. The third kappa shape index (κ3) is 3.59. The number of halogens is 1. The number of nitrogens with zero attached hydrogens (tertiary/aromatic N) is 1. The minimum Gasteiger partial charge on any atom is -0.480 e. The molecule has 0 aliphatic rings. The van der Waals surface area contributed by atoms with Crippen molar-refractivity contribution in [1.29, 1.82) is 0 Å². The van der Waals surface area contributed by atoms with Crippen LogP contribution in [0.3, 0.4) is 0 Å². The Labute approximate surface area is 92.7 Å². The van der Waals surface area contributed by atoms with E-state index in [1.807, 2.05) is 0 Å². The molecule has 0 spiro atoms. The van der Waals surface area contributed by atoms with Crippen LogP contribution in [0.1, 0.15) is 12.0 Å². The number of aromatic nitrogens is 1. The average molecular weight is 227 g/mol. The lowest BCUT2D eigenvalue weighted by atomic mass is 10.2. The Morgan fingerprint density at radius 2 is 2.47 bits per heavy atom. The quantitative estimate of drug-likeness (QED) is 0.849. The van der Waals surface area contributed by atoms with E-state index >= 15 is 0 Å². The molecule has 2 N–H and O–H groups in total. The van der Waals surface area contributed by atoms with Crippen LogP contribution in [0.5, 0.6) is 5.88 Å². The summed E-state index contributed by atoms with van der Waals surface area (Å²) in [4.78, 5) is 14.4. The lowest BCUT2D eigenvalue weighted by molar-refractivity contribution is -0.117. The van der Waals surface area contributed by atoms with Crippen molar-refractivity contribution < 1.29 is 9.53 Å². The Morgan fingerprint density at radius 1 is 1.73 bits per heavy atom. The van der Waals surface area contributed by atoms with Crippen molar-refractivity contribution in [3.63, 3.8) is 0 Å². The van der Waals surface area contributed by atoms with Crippen molar-refractivity contribution in [2.45, 2.75) is 6.42 Å². The molecule has 1 aromatic rings. The molecule has 80 valence electrons. The monoisotopic (exact) mass is 226 g/mol. The highest BCUT2D eigenvalue weighted by Crippen LogP contribution is 2.22. The van der Waals surface area contributed by atoms with E-state index < -0.39 is 0 Å². The average Bonchev–Trinajstić information content (AvgIpc) is 2.17. The third-order valence-electron chi connectivity index (χ3n) is 1.65. The summed E-state index contributed by atoms with van der Waals surface area (Å²) in [6.07, 6.45) is 5.18. The Balaban J connectivity index is 2.75. The lowest BCUT2D eigenvalue weighted by Gasteiger charge is -2.01. The summed E-state index contributed by atoms with van der Waals surface area (Å²) in [6.45, 7) is 0. The van der Waals surface area contributed by atoms with Gasteiger partial charge in [-0.15, -0.1) is 0 Å². The van der Waals surface area contributed by atoms with Gasteiger partial charge in [-0.05, 0) is 11.6 Å². The first-order valence-electron chi connectivity index (χ1n) is 4.28. The SMILES string of the molecule is COc1ncc(C=CCC(N)=O)cc1Cl. The topological polar surface area (TPSA) is 65.2 Å². The Bertz CT molecular complexity index is 391. The Kier molecular flexibility index (Phi) is 4.12. The maximum Gasteiger partial charge on any atom is 0.232 e. The van der Waals surface area contributed by atoms with E-state index in [-0.39, 0.29) is 12.3 Å². The third-order valence-corrected chi connectivity index (χ3v) is 1.92. The predicted molar refractivity (Wildman–Crippen MR) is 58.6 cm³/mol. The maximum absolute atomic E-state index is 10.5. The summed E-state index contributed by atoms with van der Waals surface area (Å²) >= 11 is 5.86. The molecule has 1 amide bonds. The van der Waals surface area contributed by atoms with Gasteiger partial charge in [0.05, 0.1) is 7.11 Å². The molecular weight excluding hydrogens is 216 g/mol. The number of rotatable bonds is 4. The molecule has 1 rings (SSSR count). The van der Waals surface area contributed by atoms with Crippen molar-refractivity contribution in [3.05, 3.63) is 28.9 Å². The zero-order valence-corrected chi connectivity index (χ0v) is 8.99. The second-order valence-electron chi connectivity index (χ2n) is 2.83. The van der Waals surface area contributed by atoms with Gasteiger partial charge in [-0.3, -0.25) is 4.79 Å². The molecule has 0 unspecified atom stereocenters. The molecule has 0 radical (unpaired) electrons. The van der Waals surface area contributed by atoms with Gasteiger partial charge in [0.1, 0.15) is 5.02 Å². The second-order valence-corrected chi connectivity index (χ2v) is 3.24. The summed E-state index contributed by atoms with van der Waals surface area (Å²) < 4.78 is 4.90. The van der Waals surface area contributed by atoms with E-state index in [9.17, 15) is 4.79 Å². The first kappa shape index (κ1) is 11.5. The van der Waals surface area contributed by atoms with Crippen LogP contribution in [-0.2, 0) is 4.79 Å². The Morgan fingerprint density at radius 3 is 3.00 bits per heavy atom. The molecule has 0 aliphatic carbocycles. The van der Waals surface area contributed by atoms with Gasteiger partial charge in [0.2, 0.25) is 11.8 Å². The van der Waals surface area contributed by atoms with E-state index in [2.05, 4.69) is 4.98 Å². The van der Waals surface area contributed by atoms with Crippen molar-refractivity contribution in [1.82, 2.24) is 4.98 Å². The van der Waals surface area contributed by atoms with Crippen molar-refractivity contribution in [2.75, 3.05) is 7.11 Å². The maximum atomic E-state index is 10.5. The molecule has 0 aliphatic heterocycles. The molecule has 0 saturated carbocycles. The van der Waals surface area contributed by atoms with E-state index in [1.165, 1.54) is 7.11 Å². The largest absolute Gasteiger partial charge is 0.480 e. The Hall–Kier alpha value is -1.55. The van der Waals surface area contributed by atoms with E-state index in [0.717, 1.165) is 5.56 Å². The minimum atomic E-state index is -0.376. The molecule has 4 nitrogen and oxygen atoms in total. The zero-order valence-electron chi connectivity index (χ0n) is 8.24. The van der Waals surface area contributed by atoms with Crippen LogP contribution >= 0.6 is 11.6 Å². The van der Waals surface area contributed by atoms with Gasteiger partial charge < -0.3 is 10.5 Å². The van der Waals surface area contributed by atoms with Crippen LogP contribution in [-0.4, -0.2) is 18.0 Å². The number of carbonyl (C=O) groups excluding carboxylic acids is 1. The highest BCUT2D eigenvalue weighted by molar-refractivity contribution is 6.31. The molecule has 0 aromatic carbocycles. The fraction of sp³-hybridized carbons (Fsp3) is 0.200. The second kappa shape index (κ2) is 5.36. The molecule has 0 fully saturated rings. The molecule has 15 heavy (non-hydrogen) atoms. The van der Waals surface area contributed by atoms with Crippen LogP contribution in [0.15, 0.2) is 18.3 Å². The highest BCUT2D eigenvalue weighted by atomic mass is 35.5. The number of methoxy groups -OCH3 is 1. The molecular formula is C10H11ClN2O2. The minimum absolute atomic E-state index is 0.198. The van der Waals surface area contributed by atoms with Gasteiger partial charge in [-0.25, -0.2) is 4.98 Å². The summed E-state index contributed by atoms with van der Waals surface area (Å²) in [5.74, 6) is 0.00235. The summed E-state index contributed by atoms with van der Waals surface area (Å²) in [5.41, 5.74) is 5.77. The van der Waals surface area contributed by atoms with Gasteiger partial charge in [-0.1, -0.05) is 23.8 Å². The fourth-order valence-electron chi connectivity index (χ4n) is 0.993. The van der Waals surface area contributed by atoms with E-state index in [0.29, 0.717) is 10.9 Å². The number of ether oxygens (including phenoxy) is 1.